The normalized spacial score (nSPS) is 10.7. The van der Waals surface area contributed by atoms with Crippen molar-refractivity contribution in [1.82, 2.24) is 9.97 Å². The molecule has 0 radical (unpaired) electrons. The van der Waals surface area contributed by atoms with Crippen molar-refractivity contribution in [3.05, 3.63) is 69.8 Å². The number of hydrogen-bond acceptors (Lipinski definition) is 3. The second kappa shape index (κ2) is 7.39. The first-order valence-electron chi connectivity index (χ1n) is 7.29. The summed E-state index contributed by atoms with van der Waals surface area (Å²) < 4.78 is 0. The van der Waals surface area contributed by atoms with E-state index in [-0.39, 0.29) is 0 Å². The van der Waals surface area contributed by atoms with Crippen LogP contribution in [0.4, 0.5) is 11.5 Å². The fourth-order valence-electron chi connectivity index (χ4n) is 2.34. The van der Waals surface area contributed by atoms with Crippen molar-refractivity contribution in [3.63, 3.8) is 0 Å². The molecule has 24 heavy (non-hydrogen) atoms. The zero-order valence-corrected chi connectivity index (χ0v) is 15.1. The molecule has 0 saturated heterocycles. The Balaban J connectivity index is 2.06. The van der Waals surface area contributed by atoms with Crippen LogP contribution in [0.5, 0.6) is 0 Å². The molecule has 1 aromatic heterocycles. The second-order valence-corrected chi connectivity index (χ2v) is 6.38. The Kier molecular flexibility index (Phi) is 5.24. The third kappa shape index (κ3) is 3.81. The van der Waals surface area contributed by atoms with E-state index < -0.39 is 0 Å². The summed E-state index contributed by atoms with van der Waals surface area (Å²) in [6, 6.07) is 15.0. The fraction of sp³-hybridized carbons (Fsp3) is 0.111. The van der Waals surface area contributed by atoms with Crippen LogP contribution in [0.25, 0.3) is 11.4 Å². The van der Waals surface area contributed by atoms with Gasteiger partial charge in [-0.2, -0.15) is 0 Å². The van der Waals surface area contributed by atoms with Crippen LogP contribution in [-0.4, -0.2) is 9.97 Å². The van der Waals surface area contributed by atoms with Gasteiger partial charge < -0.3 is 5.32 Å². The average molecular weight is 379 g/mol. The first kappa shape index (κ1) is 17.0. The lowest BCUT2D eigenvalue weighted by atomic mass is 10.2. The molecule has 6 heteroatoms. The number of aryl methyl sites for hydroxylation is 1. The van der Waals surface area contributed by atoms with Gasteiger partial charge in [-0.3, -0.25) is 0 Å². The van der Waals surface area contributed by atoms with Crippen LogP contribution >= 0.6 is 34.8 Å². The SMILES string of the molecule is Cc1nc(-c2ccccc2)nc(Nc2cc(Cl)cc(Cl)c2)c1CCl. The third-order valence-corrected chi connectivity index (χ3v) is 4.21. The van der Waals surface area contributed by atoms with Gasteiger partial charge in [0.05, 0.1) is 5.88 Å². The van der Waals surface area contributed by atoms with Crippen LogP contribution in [-0.2, 0) is 5.88 Å². The second-order valence-electron chi connectivity index (χ2n) is 5.24. The maximum atomic E-state index is 6.09. The molecule has 122 valence electrons. The van der Waals surface area contributed by atoms with Crippen molar-refractivity contribution in [1.29, 1.82) is 0 Å². The molecule has 0 aliphatic rings. The number of alkyl halides is 1. The van der Waals surface area contributed by atoms with Crippen molar-refractivity contribution in [2.45, 2.75) is 12.8 Å². The maximum Gasteiger partial charge on any atom is 0.161 e. The molecule has 1 N–H and O–H groups in total. The lowest BCUT2D eigenvalue weighted by Gasteiger charge is -2.14. The van der Waals surface area contributed by atoms with E-state index in [9.17, 15) is 0 Å². The number of halogens is 3. The highest BCUT2D eigenvalue weighted by Crippen LogP contribution is 2.29. The molecule has 3 aromatic rings. The Morgan fingerprint density at radius 2 is 1.62 bits per heavy atom. The van der Waals surface area contributed by atoms with Crippen molar-refractivity contribution in [3.8, 4) is 11.4 Å². The Bertz CT molecular complexity index is 847. The lowest BCUT2D eigenvalue weighted by Crippen LogP contribution is -2.04. The van der Waals surface area contributed by atoms with Gasteiger partial charge in [-0.25, -0.2) is 9.97 Å². The number of hydrogen-bond donors (Lipinski definition) is 1. The largest absolute Gasteiger partial charge is 0.340 e. The summed E-state index contributed by atoms with van der Waals surface area (Å²) in [6.45, 7) is 1.92. The summed E-state index contributed by atoms with van der Waals surface area (Å²) in [5.41, 5.74) is 3.35. The van der Waals surface area contributed by atoms with Gasteiger partial charge in [-0.15, -0.1) is 11.6 Å². The lowest BCUT2D eigenvalue weighted by molar-refractivity contribution is 1.06. The van der Waals surface area contributed by atoms with Crippen molar-refractivity contribution < 1.29 is 0 Å². The smallest absolute Gasteiger partial charge is 0.161 e. The summed E-state index contributed by atoms with van der Waals surface area (Å²) in [5.74, 6) is 1.59. The Morgan fingerprint density at radius 1 is 0.958 bits per heavy atom. The Labute approximate surface area is 155 Å². The first-order valence-corrected chi connectivity index (χ1v) is 8.58. The number of nitrogens with zero attached hydrogens (tertiary/aromatic N) is 2. The zero-order chi connectivity index (χ0) is 17.1. The minimum absolute atomic E-state index is 0.303. The van der Waals surface area contributed by atoms with Crippen molar-refractivity contribution in [2.24, 2.45) is 0 Å². The summed E-state index contributed by atoms with van der Waals surface area (Å²) in [6.07, 6.45) is 0. The quantitative estimate of drug-likeness (QED) is 0.546. The van der Waals surface area contributed by atoms with Gasteiger partial charge in [0, 0.05) is 32.6 Å². The first-order chi connectivity index (χ1) is 11.6. The van der Waals surface area contributed by atoms with Gasteiger partial charge in [0.1, 0.15) is 5.82 Å². The highest BCUT2D eigenvalue weighted by molar-refractivity contribution is 6.35. The van der Waals surface area contributed by atoms with E-state index in [4.69, 9.17) is 34.8 Å². The van der Waals surface area contributed by atoms with Gasteiger partial charge in [0.2, 0.25) is 0 Å². The maximum absolute atomic E-state index is 6.09. The number of aromatic nitrogens is 2. The minimum Gasteiger partial charge on any atom is -0.340 e. The molecule has 1 heterocycles. The third-order valence-electron chi connectivity index (χ3n) is 3.50. The van der Waals surface area contributed by atoms with Crippen LogP contribution in [0.2, 0.25) is 10.0 Å². The summed E-state index contributed by atoms with van der Waals surface area (Å²) >= 11 is 18.2. The molecule has 0 aliphatic heterocycles. The molecule has 2 aromatic carbocycles. The molecular formula is C18H14Cl3N3. The van der Waals surface area contributed by atoms with Gasteiger partial charge >= 0.3 is 0 Å². The minimum atomic E-state index is 0.303. The number of rotatable bonds is 4. The summed E-state index contributed by atoms with van der Waals surface area (Å²) in [5, 5.41) is 4.35. The van der Waals surface area contributed by atoms with E-state index in [1.807, 2.05) is 37.3 Å². The molecule has 0 bridgehead atoms. The van der Waals surface area contributed by atoms with Crippen LogP contribution in [0, 0.1) is 6.92 Å². The molecule has 0 amide bonds. The predicted molar refractivity (Wildman–Crippen MR) is 102 cm³/mol. The van der Waals surface area contributed by atoms with E-state index in [2.05, 4.69) is 15.3 Å². The van der Waals surface area contributed by atoms with Gasteiger partial charge in [0.15, 0.2) is 5.82 Å². The van der Waals surface area contributed by atoms with E-state index in [1.165, 1.54) is 0 Å². The summed E-state index contributed by atoms with van der Waals surface area (Å²) in [7, 11) is 0. The van der Waals surface area contributed by atoms with Crippen LogP contribution in [0.3, 0.4) is 0 Å². The molecule has 0 spiro atoms. The molecule has 0 atom stereocenters. The fourth-order valence-corrected chi connectivity index (χ4v) is 3.18. The van der Waals surface area contributed by atoms with Gasteiger partial charge in [-0.1, -0.05) is 53.5 Å². The van der Waals surface area contributed by atoms with Crippen LogP contribution in [0.15, 0.2) is 48.5 Å². The van der Waals surface area contributed by atoms with E-state index in [0.717, 1.165) is 22.5 Å². The molecule has 3 nitrogen and oxygen atoms in total. The van der Waals surface area contributed by atoms with Crippen LogP contribution < -0.4 is 5.32 Å². The molecule has 0 aliphatic carbocycles. The predicted octanol–water partition coefficient (Wildman–Crippen LogP) is 6.24. The molecule has 0 fully saturated rings. The van der Waals surface area contributed by atoms with Crippen molar-refractivity contribution >= 4 is 46.3 Å². The molecule has 0 unspecified atom stereocenters. The Morgan fingerprint density at radius 3 is 2.25 bits per heavy atom. The Hall–Kier alpha value is -1.81. The van der Waals surface area contributed by atoms with E-state index in [1.54, 1.807) is 18.2 Å². The average Bonchev–Trinajstić information content (AvgIpc) is 2.54. The zero-order valence-electron chi connectivity index (χ0n) is 12.9. The highest BCUT2D eigenvalue weighted by Gasteiger charge is 2.13. The van der Waals surface area contributed by atoms with Crippen molar-refractivity contribution in [2.75, 3.05) is 5.32 Å². The van der Waals surface area contributed by atoms with Crippen LogP contribution in [0.1, 0.15) is 11.3 Å². The van der Waals surface area contributed by atoms with E-state index >= 15 is 0 Å². The number of nitrogens with one attached hydrogen (secondary N) is 1. The molecular weight excluding hydrogens is 365 g/mol. The highest BCUT2D eigenvalue weighted by atomic mass is 35.5. The van der Waals surface area contributed by atoms with E-state index in [0.29, 0.717) is 27.6 Å². The molecule has 3 rings (SSSR count). The van der Waals surface area contributed by atoms with Gasteiger partial charge in [-0.05, 0) is 25.1 Å². The monoisotopic (exact) mass is 377 g/mol. The standard InChI is InChI=1S/C18H14Cl3N3/c1-11-16(10-19)18(23-15-8-13(20)7-14(21)9-15)24-17(22-11)12-5-3-2-4-6-12/h2-9H,10H2,1H3,(H,22,23,24). The van der Waals surface area contributed by atoms with Gasteiger partial charge in [0.25, 0.3) is 0 Å². The topological polar surface area (TPSA) is 37.8 Å². The molecule has 0 saturated carbocycles. The summed E-state index contributed by atoms with van der Waals surface area (Å²) in [4.78, 5) is 9.20. The number of anilines is 2. The number of benzene rings is 2.